The number of thiophene rings is 1. The molecule has 0 radical (unpaired) electrons. The Morgan fingerprint density at radius 3 is 2.93 bits per heavy atom. The first-order chi connectivity index (χ1) is 6.61. The van der Waals surface area contributed by atoms with Gasteiger partial charge in [-0.1, -0.05) is 11.6 Å². The Balaban J connectivity index is 2.89. The molecular weight excluding hydrogens is 222 g/mol. The van der Waals surface area contributed by atoms with Crippen LogP contribution in [0.25, 0.3) is 10.1 Å². The maximum absolute atomic E-state index is 10.8. The molecule has 1 heterocycles. The van der Waals surface area contributed by atoms with Gasteiger partial charge in [-0.15, -0.1) is 11.3 Å². The van der Waals surface area contributed by atoms with Crippen molar-refractivity contribution in [3.05, 3.63) is 28.1 Å². The molecule has 3 nitrogen and oxygen atoms in total. The van der Waals surface area contributed by atoms with Crippen LogP contribution in [0.3, 0.4) is 0 Å². The topological polar surface area (TPSA) is 63.3 Å². The average Bonchev–Trinajstić information content (AvgIpc) is 2.50. The standard InChI is InChI=1S/C9H6ClNO2S/c10-8-4-1-2-14-6(4)3-5(11)7(8)9(12)13/h1-3H,11H2,(H,12,13). The fraction of sp³-hybridized carbons (Fsp3) is 0. The fourth-order valence-electron chi connectivity index (χ4n) is 1.31. The highest BCUT2D eigenvalue weighted by Crippen LogP contribution is 2.34. The van der Waals surface area contributed by atoms with E-state index in [-0.39, 0.29) is 16.3 Å². The summed E-state index contributed by atoms with van der Waals surface area (Å²) in [7, 11) is 0. The molecule has 0 aliphatic heterocycles. The number of carbonyl (C=O) groups is 1. The molecule has 0 saturated heterocycles. The quantitative estimate of drug-likeness (QED) is 0.737. The number of fused-ring (bicyclic) bond motifs is 1. The van der Waals surface area contributed by atoms with Gasteiger partial charge in [-0.3, -0.25) is 0 Å². The lowest BCUT2D eigenvalue weighted by atomic mass is 10.1. The minimum atomic E-state index is -1.10. The van der Waals surface area contributed by atoms with Crippen LogP contribution in [-0.4, -0.2) is 11.1 Å². The van der Waals surface area contributed by atoms with E-state index in [1.54, 1.807) is 12.1 Å². The van der Waals surface area contributed by atoms with Gasteiger partial charge in [0.25, 0.3) is 0 Å². The van der Waals surface area contributed by atoms with Crippen LogP contribution >= 0.6 is 22.9 Å². The number of hydrogen-bond acceptors (Lipinski definition) is 3. The smallest absolute Gasteiger partial charge is 0.339 e. The molecule has 14 heavy (non-hydrogen) atoms. The lowest BCUT2D eigenvalue weighted by Crippen LogP contribution is -2.03. The van der Waals surface area contributed by atoms with Crippen molar-refractivity contribution in [1.29, 1.82) is 0 Å². The number of aromatic carboxylic acids is 1. The number of benzene rings is 1. The maximum atomic E-state index is 10.8. The van der Waals surface area contributed by atoms with E-state index in [4.69, 9.17) is 22.4 Å². The molecule has 0 atom stereocenters. The predicted molar refractivity (Wildman–Crippen MR) is 58.2 cm³/mol. The summed E-state index contributed by atoms with van der Waals surface area (Å²) < 4.78 is 0.900. The zero-order valence-electron chi connectivity index (χ0n) is 6.95. The summed E-state index contributed by atoms with van der Waals surface area (Å²) in [5, 5.41) is 11.7. The zero-order valence-corrected chi connectivity index (χ0v) is 8.52. The van der Waals surface area contributed by atoms with Gasteiger partial charge >= 0.3 is 5.97 Å². The van der Waals surface area contributed by atoms with Crippen LogP contribution < -0.4 is 5.73 Å². The van der Waals surface area contributed by atoms with E-state index in [0.29, 0.717) is 0 Å². The Morgan fingerprint density at radius 1 is 1.57 bits per heavy atom. The summed E-state index contributed by atoms with van der Waals surface area (Å²) in [6.45, 7) is 0. The van der Waals surface area contributed by atoms with E-state index in [1.807, 2.05) is 5.38 Å². The highest BCUT2D eigenvalue weighted by molar-refractivity contribution is 7.17. The Bertz CT molecular complexity index is 521. The molecule has 0 fully saturated rings. The first-order valence-corrected chi connectivity index (χ1v) is 5.05. The first kappa shape index (κ1) is 9.30. The van der Waals surface area contributed by atoms with Gasteiger partial charge in [0, 0.05) is 15.8 Å². The number of carboxylic acid groups (broad SMARTS) is 1. The van der Waals surface area contributed by atoms with Crippen LogP contribution in [0.5, 0.6) is 0 Å². The van der Waals surface area contributed by atoms with E-state index in [0.717, 1.165) is 10.1 Å². The first-order valence-electron chi connectivity index (χ1n) is 3.79. The summed E-state index contributed by atoms with van der Waals surface area (Å²) >= 11 is 7.41. The molecule has 0 spiro atoms. The molecule has 0 bridgehead atoms. The number of anilines is 1. The summed E-state index contributed by atoms with van der Waals surface area (Å²) in [4.78, 5) is 10.8. The lowest BCUT2D eigenvalue weighted by molar-refractivity contribution is 0.0698. The van der Waals surface area contributed by atoms with Gasteiger partial charge in [-0.25, -0.2) is 4.79 Å². The molecule has 0 aliphatic rings. The van der Waals surface area contributed by atoms with Crippen LogP contribution in [0.2, 0.25) is 5.02 Å². The van der Waals surface area contributed by atoms with Gasteiger partial charge < -0.3 is 10.8 Å². The molecule has 0 amide bonds. The second-order valence-corrected chi connectivity index (χ2v) is 4.12. The highest BCUT2D eigenvalue weighted by atomic mass is 35.5. The van der Waals surface area contributed by atoms with Gasteiger partial charge in [-0.2, -0.15) is 0 Å². The summed E-state index contributed by atoms with van der Waals surface area (Å²) in [5.74, 6) is -1.10. The van der Waals surface area contributed by atoms with Gasteiger partial charge in [-0.05, 0) is 17.5 Å². The molecule has 0 unspecified atom stereocenters. The van der Waals surface area contributed by atoms with Crippen molar-refractivity contribution >= 4 is 44.7 Å². The van der Waals surface area contributed by atoms with Crippen molar-refractivity contribution in [2.45, 2.75) is 0 Å². The Kier molecular flexibility index (Phi) is 2.09. The molecule has 3 N–H and O–H groups in total. The normalized spacial score (nSPS) is 10.6. The molecule has 72 valence electrons. The van der Waals surface area contributed by atoms with Gasteiger partial charge in [0.15, 0.2) is 0 Å². The summed E-state index contributed by atoms with van der Waals surface area (Å²) in [6.07, 6.45) is 0. The molecule has 1 aromatic carbocycles. The van der Waals surface area contributed by atoms with Crippen LogP contribution in [-0.2, 0) is 0 Å². The van der Waals surface area contributed by atoms with Crippen molar-refractivity contribution < 1.29 is 9.90 Å². The average molecular weight is 228 g/mol. The van der Waals surface area contributed by atoms with Gasteiger partial charge in [0.05, 0.1) is 5.02 Å². The fourth-order valence-corrected chi connectivity index (χ4v) is 2.56. The monoisotopic (exact) mass is 227 g/mol. The third kappa shape index (κ3) is 1.23. The van der Waals surface area contributed by atoms with E-state index in [9.17, 15) is 4.79 Å². The van der Waals surface area contributed by atoms with Crippen LogP contribution in [0.4, 0.5) is 5.69 Å². The molecule has 5 heteroatoms. The summed E-state index contributed by atoms with van der Waals surface area (Å²) in [6, 6.07) is 3.42. The van der Waals surface area contributed by atoms with Crippen LogP contribution in [0.1, 0.15) is 10.4 Å². The number of nitrogen functional groups attached to an aromatic ring is 1. The van der Waals surface area contributed by atoms with Gasteiger partial charge in [0.1, 0.15) is 5.56 Å². The maximum Gasteiger partial charge on any atom is 0.339 e. The van der Waals surface area contributed by atoms with Crippen molar-refractivity contribution in [2.75, 3.05) is 5.73 Å². The number of halogens is 1. The van der Waals surface area contributed by atoms with Crippen molar-refractivity contribution in [3.63, 3.8) is 0 Å². The number of nitrogens with two attached hydrogens (primary N) is 1. The number of hydrogen-bond donors (Lipinski definition) is 2. The Hall–Kier alpha value is -1.26. The summed E-state index contributed by atoms with van der Waals surface area (Å²) in [5.41, 5.74) is 5.78. The van der Waals surface area contributed by atoms with Crippen molar-refractivity contribution in [3.8, 4) is 0 Å². The molecule has 2 rings (SSSR count). The van der Waals surface area contributed by atoms with Gasteiger partial charge in [0.2, 0.25) is 0 Å². The third-order valence-electron chi connectivity index (χ3n) is 1.94. The largest absolute Gasteiger partial charge is 0.478 e. The molecular formula is C9H6ClNO2S. The lowest BCUT2D eigenvalue weighted by Gasteiger charge is -2.04. The van der Waals surface area contributed by atoms with E-state index >= 15 is 0 Å². The van der Waals surface area contributed by atoms with E-state index < -0.39 is 5.97 Å². The number of rotatable bonds is 1. The van der Waals surface area contributed by atoms with E-state index in [1.165, 1.54) is 11.3 Å². The third-order valence-corrected chi connectivity index (χ3v) is 3.20. The molecule has 0 saturated carbocycles. The minimum Gasteiger partial charge on any atom is -0.478 e. The van der Waals surface area contributed by atoms with Crippen molar-refractivity contribution in [1.82, 2.24) is 0 Å². The van der Waals surface area contributed by atoms with Crippen LogP contribution in [0.15, 0.2) is 17.5 Å². The minimum absolute atomic E-state index is 0.0161. The Labute approximate surface area is 88.7 Å². The molecule has 0 aliphatic carbocycles. The zero-order chi connectivity index (χ0) is 10.3. The Morgan fingerprint density at radius 2 is 2.29 bits per heavy atom. The van der Waals surface area contributed by atoms with Crippen molar-refractivity contribution in [2.24, 2.45) is 0 Å². The molecule has 1 aromatic heterocycles. The molecule has 2 aromatic rings. The van der Waals surface area contributed by atoms with E-state index in [2.05, 4.69) is 0 Å². The SMILES string of the molecule is Nc1cc2sccc2c(Cl)c1C(=O)O. The second-order valence-electron chi connectivity index (χ2n) is 2.79. The number of carboxylic acids is 1. The predicted octanol–water partition coefficient (Wildman–Crippen LogP) is 2.84. The second kappa shape index (κ2) is 3.15. The highest BCUT2D eigenvalue weighted by Gasteiger charge is 2.16. The van der Waals surface area contributed by atoms with Crippen LogP contribution in [0, 0.1) is 0 Å².